The molecule has 0 fully saturated rings. The SMILES string of the molecule is Cc1ccc(-n2c(SCC(=O)NCc3ccco3)nc3c(sc(=S)n3-c3ccc(C)c(C)c3)c2=O)cc1. The lowest BCUT2D eigenvalue weighted by atomic mass is 10.1. The Morgan fingerprint density at radius 2 is 1.81 bits per heavy atom. The third kappa shape index (κ3) is 5.18. The van der Waals surface area contributed by atoms with E-state index < -0.39 is 0 Å². The van der Waals surface area contributed by atoms with Crippen LogP contribution in [0.2, 0.25) is 0 Å². The Morgan fingerprint density at radius 3 is 2.51 bits per heavy atom. The van der Waals surface area contributed by atoms with Crippen LogP contribution in [0.3, 0.4) is 0 Å². The summed E-state index contributed by atoms with van der Waals surface area (Å²) in [6.07, 6.45) is 1.56. The molecule has 3 aromatic heterocycles. The van der Waals surface area contributed by atoms with Gasteiger partial charge < -0.3 is 9.73 Å². The van der Waals surface area contributed by atoms with Gasteiger partial charge in [-0.1, -0.05) is 46.9 Å². The molecular formula is C27H24N4O3S3. The van der Waals surface area contributed by atoms with Gasteiger partial charge in [-0.2, -0.15) is 0 Å². The Balaban J connectivity index is 1.59. The molecular weight excluding hydrogens is 525 g/mol. The topological polar surface area (TPSA) is 82.1 Å². The van der Waals surface area contributed by atoms with Gasteiger partial charge in [-0.05, 0) is 80.5 Å². The molecule has 188 valence electrons. The van der Waals surface area contributed by atoms with Crippen LogP contribution in [0.4, 0.5) is 0 Å². The minimum atomic E-state index is -0.217. The predicted octanol–water partition coefficient (Wildman–Crippen LogP) is 5.89. The minimum Gasteiger partial charge on any atom is -0.467 e. The lowest BCUT2D eigenvalue weighted by molar-refractivity contribution is -0.118. The first kappa shape index (κ1) is 25.2. The van der Waals surface area contributed by atoms with Gasteiger partial charge in [0, 0.05) is 5.69 Å². The molecule has 10 heteroatoms. The summed E-state index contributed by atoms with van der Waals surface area (Å²) in [6, 6.07) is 17.3. The number of rotatable bonds is 7. The number of carbonyl (C=O) groups is 1. The molecule has 0 saturated heterocycles. The fourth-order valence-electron chi connectivity index (χ4n) is 3.83. The second-order valence-corrected chi connectivity index (χ2v) is 11.2. The van der Waals surface area contributed by atoms with E-state index in [1.54, 1.807) is 23.0 Å². The number of aryl methyl sites for hydroxylation is 3. The lowest BCUT2D eigenvalue weighted by Gasteiger charge is -2.13. The van der Waals surface area contributed by atoms with Gasteiger partial charge in [0.15, 0.2) is 14.8 Å². The molecule has 3 heterocycles. The third-order valence-electron chi connectivity index (χ3n) is 5.99. The van der Waals surface area contributed by atoms with Crippen molar-refractivity contribution < 1.29 is 9.21 Å². The molecule has 2 aromatic carbocycles. The van der Waals surface area contributed by atoms with E-state index in [1.807, 2.05) is 67.8 Å². The first-order valence-corrected chi connectivity index (χ1v) is 13.8. The summed E-state index contributed by atoms with van der Waals surface area (Å²) in [5.74, 6) is 0.557. The van der Waals surface area contributed by atoms with Crippen molar-refractivity contribution >= 4 is 51.6 Å². The Labute approximate surface area is 226 Å². The summed E-state index contributed by atoms with van der Waals surface area (Å²) in [4.78, 5) is 31.3. The van der Waals surface area contributed by atoms with Gasteiger partial charge in [0.2, 0.25) is 5.91 Å². The Kier molecular flexibility index (Phi) is 7.14. The summed E-state index contributed by atoms with van der Waals surface area (Å²) in [5, 5.41) is 3.25. The number of thiazole rings is 1. The average molecular weight is 549 g/mol. The fourth-order valence-corrected chi connectivity index (χ4v) is 5.96. The summed E-state index contributed by atoms with van der Waals surface area (Å²) in [6.45, 7) is 6.37. The first-order chi connectivity index (χ1) is 17.8. The molecule has 0 spiro atoms. The number of carbonyl (C=O) groups excluding carboxylic acids is 1. The molecule has 0 bridgehead atoms. The monoisotopic (exact) mass is 548 g/mol. The molecule has 0 aliphatic carbocycles. The number of furan rings is 1. The molecule has 0 unspecified atom stereocenters. The van der Waals surface area contributed by atoms with Gasteiger partial charge in [0.05, 0.1) is 24.2 Å². The molecule has 1 N–H and O–H groups in total. The standard InChI is InChI=1S/C27H24N4O3S3/c1-16-6-9-19(10-7-16)31-25(33)23-24(30(27(35)37-23)20-11-8-17(2)18(3)13-20)29-26(31)36-15-22(32)28-14-21-5-4-12-34-21/h4-13H,14-15H2,1-3H3,(H,28,32). The maximum Gasteiger partial charge on any atom is 0.278 e. The Bertz CT molecular complexity index is 1720. The number of hydrogen-bond donors (Lipinski definition) is 1. The molecule has 5 rings (SSSR count). The van der Waals surface area contributed by atoms with Gasteiger partial charge in [-0.15, -0.1) is 0 Å². The zero-order chi connectivity index (χ0) is 26.1. The quantitative estimate of drug-likeness (QED) is 0.155. The molecule has 0 atom stereocenters. The van der Waals surface area contributed by atoms with E-state index in [0.717, 1.165) is 16.8 Å². The van der Waals surface area contributed by atoms with Crippen LogP contribution >= 0.6 is 35.3 Å². The summed E-state index contributed by atoms with van der Waals surface area (Å²) >= 11 is 8.13. The van der Waals surface area contributed by atoms with Crippen molar-refractivity contribution in [1.29, 1.82) is 0 Å². The summed E-state index contributed by atoms with van der Waals surface area (Å²) < 4.78 is 9.68. The van der Waals surface area contributed by atoms with Crippen molar-refractivity contribution in [3.63, 3.8) is 0 Å². The van der Waals surface area contributed by atoms with Crippen molar-refractivity contribution in [2.75, 3.05) is 5.75 Å². The van der Waals surface area contributed by atoms with Crippen molar-refractivity contribution in [3.05, 3.63) is 97.6 Å². The van der Waals surface area contributed by atoms with Crippen molar-refractivity contribution in [3.8, 4) is 11.4 Å². The van der Waals surface area contributed by atoms with Crippen LogP contribution in [0.25, 0.3) is 21.7 Å². The lowest BCUT2D eigenvalue weighted by Crippen LogP contribution is -2.26. The van der Waals surface area contributed by atoms with Gasteiger partial charge >= 0.3 is 0 Å². The maximum atomic E-state index is 13.8. The van der Waals surface area contributed by atoms with E-state index >= 15 is 0 Å². The zero-order valence-corrected chi connectivity index (χ0v) is 22.9. The Morgan fingerprint density at radius 1 is 1.05 bits per heavy atom. The van der Waals surface area contributed by atoms with Crippen LogP contribution in [0.5, 0.6) is 0 Å². The highest BCUT2D eigenvalue weighted by Crippen LogP contribution is 2.28. The molecule has 1 amide bonds. The normalized spacial score (nSPS) is 11.2. The summed E-state index contributed by atoms with van der Waals surface area (Å²) in [7, 11) is 0. The molecule has 5 aromatic rings. The van der Waals surface area contributed by atoms with Gasteiger partial charge in [-0.25, -0.2) is 4.98 Å². The van der Waals surface area contributed by atoms with Crippen LogP contribution in [0.15, 0.2) is 75.2 Å². The molecule has 0 aliphatic heterocycles. The number of nitrogens with one attached hydrogen (secondary N) is 1. The molecule has 0 aliphatic rings. The van der Waals surface area contributed by atoms with E-state index in [9.17, 15) is 9.59 Å². The fraction of sp³-hybridized carbons (Fsp3) is 0.185. The second kappa shape index (κ2) is 10.5. The molecule has 0 saturated carbocycles. The number of thioether (sulfide) groups is 1. The highest BCUT2D eigenvalue weighted by atomic mass is 32.2. The van der Waals surface area contributed by atoms with Crippen LogP contribution in [0, 0.1) is 24.7 Å². The minimum absolute atomic E-state index is 0.0824. The van der Waals surface area contributed by atoms with Crippen molar-refractivity contribution in [2.24, 2.45) is 0 Å². The smallest absolute Gasteiger partial charge is 0.278 e. The van der Waals surface area contributed by atoms with E-state index in [4.69, 9.17) is 21.6 Å². The Hall–Kier alpha value is -3.47. The summed E-state index contributed by atoms with van der Waals surface area (Å²) in [5.41, 5.74) is 5.17. The van der Waals surface area contributed by atoms with E-state index in [0.29, 0.717) is 37.5 Å². The number of aromatic nitrogens is 3. The van der Waals surface area contributed by atoms with Gasteiger partial charge in [-0.3, -0.25) is 18.7 Å². The van der Waals surface area contributed by atoms with Gasteiger partial charge in [0.25, 0.3) is 5.56 Å². The number of amides is 1. The van der Waals surface area contributed by atoms with Crippen molar-refractivity contribution in [1.82, 2.24) is 19.4 Å². The van der Waals surface area contributed by atoms with Crippen LogP contribution in [0.1, 0.15) is 22.5 Å². The highest BCUT2D eigenvalue weighted by Gasteiger charge is 2.20. The number of hydrogen-bond acceptors (Lipinski definition) is 7. The maximum absolute atomic E-state index is 13.8. The second-order valence-electron chi connectivity index (χ2n) is 8.64. The van der Waals surface area contributed by atoms with E-state index in [-0.39, 0.29) is 17.2 Å². The number of nitrogens with zero attached hydrogens (tertiary/aromatic N) is 3. The highest BCUT2D eigenvalue weighted by molar-refractivity contribution is 7.99. The number of fused-ring (bicyclic) bond motifs is 1. The average Bonchev–Trinajstić information content (AvgIpc) is 3.52. The molecule has 37 heavy (non-hydrogen) atoms. The largest absolute Gasteiger partial charge is 0.467 e. The van der Waals surface area contributed by atoms with Crippen molar-refractivity contribution in [2.45, 2.75) is 32.5 Å². The zero-order valence-electron chi connectivity index (χ0n) is 20.5. The first-order valence-electron chi connectivity index (χ1n) is 11.6. The third-order valence-corrected chi connectivity index (χ3v) is 8.28. The van der Waals surface area contributed by atoms with Crippen LogP contribution in [-0.4, -0.2) is 25.8 Å². The molecule has 0 radical (unpaired) electrons. The molecule has 7 nitrogen and oxygen atoms in total. The van der Waals surface area contributed by atoms with Crippen LogP contribution in [-0.2, 0) is 11.3 Å². The van der Waals surface area contributed by atoms with E-state index in [2.05, 4.69) is 5.32 Å². The predicted molar refractivity (Wildman–Crippen MR) is 151 cm³/mol. The number of benzene rings is 2. The van der Waals surface area contributed by atoms with E-state index in [1.165, 1.54) is 28.7 Å². The van der Waals surface area contributed by atoms with Crippen LogP contribution < -0.4 is 10.9 Å². The van der Waals surface area contributed by atoms with Gasteiger partial charge in [0.1, 0.15) is 10.5 Å².